The second-order valence-electron chi connectivity index (χ2n) is 8.23. The van der Waals surface area contributed by atoms with Crippen LogP contribution in [0.15, 0.2) is 11.8 Å². The minimum Gasteiger partial charge on any atom is -0.375 e. The first-order valence-corrected chi connectivity index (χ1v) is 11.5. The van der Waals surface area contributed by atoms with E-state index in [1.165, 1.54) is 25.0 Å². The average molecular weight is 293 g/mol. The number of nitrogens with one attached hydrogen (secondary N) is 1. The standard InChI is InChI=1S/C17H32N2Si/c1-11-7-8-13-14-10-12(2)19(4)16(14)17(15(13)9-11)20(5,6)18-3/h10-11,13-18H,7-9H2,1-6H3. The number of hydrogen-bond acceptors (Lipinski definition) is 2. The van der Waals surface area contributed by atoms with Gasteiger partial charge in [0.1, 0.15) is 8.24 Å². The fourth-order valence-electron chi connectivity index (χ4n) is 5.57. The minimum atomic E-state index is -1.36. The third-order valence-electron chi connectivity index (χ3n) is 6.85. The Bertz CT molecular complexity index is 417. The van der Waals surface area contributed by atoms with E-state index in [-0.39, 0.29) is 0 Å². The third-order valence-corrected chi connectivity index (χ3v) is 10.6. The number of hydrogen-bond donors (Lipinski definition) is 1. The van der Waals surface area contributed by atoms with Gasteiger partial charge in [-0.25, -0.2) is 0 Å². The molecule has 6 atom stereocenters. The van der Waals surface area contributed by atoms with Gasteiger partial charge in [0.2, 0.25) is 0 Å². The molecule has 20 heavy (non-hydrogen) atoms. The molecular weight excluding hydrogens is 260 g/mol. The molecule has 1 aliphatic heterocycles. The molecule has 3 rings (SSSR count). The molecule has 1 heterocycles. The number of rotatable bonds is 2. The van der Waals surface area contributed by atoms with Crippen LogP contribution in [0.3, 0.4) is 0 Å². The number of allylic oxidation sites excluding steroid dienone is 1. The van der Waals surface area contributed by atoms with Crippen molar-refractivity contribution in [2.45, 2.75) is 57.8 Å². The van der Waals surface area contributed by atoms with Crippen LogP contribution in [0.2, 0.25) is 18.6 Å². The molecule has 0 bridgehead atoms. The SMILES string of the molecule is CN[Si](C)(C)C1C2CC(C)CCC2C2C=C(C)N(C)C21. The second kappa shape index (κ2) is 4.87. The van der Waals surface area contributed by atoms with Gasteiger partial charge in [-0.2, -0.15) is 0 Å². The van der Waals surface area contributed by atoms with Gasteiger partial charge in [0.15, 0.2) is 0 Å². The molecule has 2 saturated carbocycles. The summed E-state index contributed by atoms with van der Waals surface area (Å²) in [5.74, 6) is 3.70. The minimum absolute atomic E-state index is 0.782. The van der Waals surface area contributed by atoms with Gasteiger partial charge >= 0.3 is 0 Å². The predicted octanol–water partition coefficient (Wildman–Crippen LogP) is 3.68. The number of fused-ring (bicyclic) bond motifs is 3. The van der Waals surface area contributed by atoms with Gasteiger partial charge in [-0.3, -0.25) is 0 Å². The van der Waals surface area contributed by atoms with E-state index in [1.54, 1.807) is 0 Å². The van der Waals surface area contributed by atoms with Crippen LogP contribution in [0, 0.1) is 23.7 Å². The molecule has 0 saturated heterocycles. The van der Waals surface area contributed by atoms with Crippen molar-refractivity contribution in [1.82, 2.24) is 9.88 Å². The molecule has 1 N–H and O–H groups in total. The summed E-state index contributed by atoms with van der Waals surface area (Å²) in [6.45, 7) is 9.89. The monoisotopic (exact) mass is 292 g/mol. The van der Waals surface area contributed by atoms with E-state index in [9.17, 15) is 0 Å². The fourth-order valence-corrected chi connectivity index (χ4v) is 8.65. The largest absolute Gasteiger partial charge is 0.375 e. The third kappa shape index (κ3) is 2.00. The summed E-state index contributed by atoms with van der Waals surface area (Å²) in [4.78, 5) is 6.38. The zero-order chi connectivity index (χ0) is 14.7. The Kier molecular flexibility index (Phi) is 3.57. The van der Waals surface area contributed by atoms with Gasteiger partial charge in [-0.1, -0.05) is 32.5 Å². The fraction of sp³-hybridized carbons (Fsp3) is 0.882. The van der Waals surface area contributed by atoms with Gasteiger partial charge < -0.3 is 9.88 Å². The zero-order valence-electron chi connectivity index (χ0n) is 14.1. The molecule has 0 radical (unpaired) electrons. The molecular formula is C17H32N2Si. The molecule has 3 heteroatoms. The van der Waals surface area contributed by atoms with E-state index in [0.29, 0.717) is 0 Å². The van der Waals surface area contributed by atoms with Crippen molar-refractivity contribution >= 4 is 8.24 Å². The summed E-state index contributed by atoms with van der Waals surface area (Å²) in [6.07, 6.45) is 7.00. The van der Waals surface area contributed by atoms with Gasteiger partial charge in [0, 0.05) is 24.7 Å². The normalized spacial score (nSPS) is 44.3. The van der Waals surface area contributed by atoms with Crippen molar-refractivity contribution < 1.29 is 0 Å². The first-order valence-electron chi connectivity index (χ1n) is 8.47. The summed E-state index contributed by atoms with van der Waals surface area (Å²) < 4.78 is 0. The Balaban J connectivity index is 1.98. The molecule has 0 aromatic heterocycles. The van der Waals surface area contributed by atoms with Crippen LogP contribution in [-0.4, -0.2) is 33.3 Å². The first kappa shape index (κ1) is 14.6. The van der Waals surface area contributed by atoms with Crippen LogP contribution >= 0.6 is 0 Å². The first-order chi connectivity index (χ1) is 9.36. The van der Waals surface area contributed by atoms with E-state index in [4.69, 9.17) is 0 Å². The van der Waals surface area contributed by atoms with E-state index < -0.39 is 8.24 Å². The highest BCUT2D eigenvalue weighted by atomic mass is 28.3. The summed E-state index contributed by atoms with van der Waals surface area (Å²) in [5.41, 5.74) is 2.42. The van der Waals surface area contributed by atoms with Crippen molar-refractivity contribution in [3.8, 4) is 0 Å². The van der Waals surface area contributed by atoms with E-state index >= 15 is 0 Å². The van der Waals surface area contributed by atoms with Crippen LogP contribution in [0.25, 0.3) is 0 Å². The maximum absolute atomic E-state index is 3.77. The van der Waals surface area contributed by atoms with Gasteiger partial charge in [0.25, 0.3) is 0 Å². The molecule has 114 valence electrons. The van der Waals surface area contributed by atoms with E-state index in [1.807, 2.05) is 0 Å². The summed E-state index contributed by atoms with van der Waals surface area (Å²) in [6, 6.07) is 0.782. The van der Waals surface area contributed by atoms with Gasteiger partial charge in [-0.05, 0) is 50.1 Å². The molecule has 0 aromatic rings. The molecule has 0 spiro atoms. The van der Waals surface area contributed by atoms with Crippen molar-refractivity contribution in [3.63, 3.8) is 0 Å². The highest BCUT2D eigenvalue weighted by Crippen LogP contribution is 2.60. The van der Waals surface area contributed by atoms with Crippen molar-refractivity contribution in [2.75, 3.05) is 14.1 Å². The number of nitrogens with zero attached hydrogens (tertiary/aromatic N) is 1. The Morgan fingerprint density at radius 1 is 1.25 bits per heavy atom. The average Bonchev–Trinajstić information content (AvgIpc) is 2.85. The van der Waals surface area contributed by atoms with E-state index in [2.05, 4.69) is 57.0 Å². The molecule has 0 aromatic carbocycles. The zero-order valence-corrected chi connectivity index (χ0v) is 15.1. The smallest absolute Gasteiger partial charge is 0.124 e. The predicted molar refractivity (Wildman–Crippen MR) is 89.1 cm³/mol. The van der Waals surface area contributed by atoms with Crippen LogP contribution < -0.4 is 4.98 Å². The summed E-state index contributed by atoms with van der Waals surface area (Å²) in [7, 11) is 3.18. The quantitative estimate of drug-likeness (QED) is 0.781. The van der Waals surface area contributed by atoms with Crippen LogP contribution in [0.5, 0.6) is 0 Å². The molecule has 0 amide bonds. The highest BCUT2D eigenvalue weighted by Gasteiger charge is 2.58. The molecule has 3 aliphatic rings. The lowest BCUT2D eigenvalue weighted by Crippen LogP contribution is -2.54. The molecule has 2 fully saturated rings. The van der Waals surface area contributed by atoms with Crippen LogP contribution in [-0.2, 0) is 0 Å². The maximum atomic E-state index is 3.77. The summed E-state index contributed by atoms with van der Waals surface area (Å²) in [5, 5.41) is 0. The lowest BCUT2D eigenvalue weighted by Gasteiger charge is -2.42. The molecule has 2 nitrogen and oxygen atoms in total. The van der Waals surface area contributed by atoms with Crippen molar-refractivity contribution in [2.24, 2.45) is 23.7 Å². The molecule has 6 unspecified atom stereocenters. The Hall–Kier alpha value is -0.283. The lowest BCUT2D eigenvalue weighted by atomic mass is 9.74. The Labute approximate surface area is 126 Å². The van der Waals surface area contributed by atoms with Crippen LogP contribution in [0.1, 0.15) is 33.1 Å². The van der Waals surface area contributed by atoms with Crippen LogP contribution in [0.4, 0.5) is 0 Å². The van der Waals surface area contributed by atoms with Gasteiger partial charge in [0.05, 0.1) is 0 Å². The maximum Gasteiger partial charge on any atom is 0.124 e. The second-order valence-corrected chi connectivity index (χ2v) is 12.8. The Morgan fingerprint density at radius 2 is 1.95 bits per heavy atom. The lowest BCUT2D eigenvalue weighted by molar-refractivity contribution is 0.199. The van der Waals surface area contributed by atoms with E-state index in [0.717, 1.165) is 35.3 Å². The molecule has 2 aliphatic carbocycles. The van der Waals surface area contributed by atoms with Crippen molar-refractivity contribution in [1.29, 1.82) is 0 Å². The highest BCUT2D eigenvalue weighted by molar-refractivity contribution is 6.76. The van der Waals surface area contributed by atoms with Crippen molar-refractivity contribution in [3.05, 3.63) is 11.8 Å². The Morgan fingerprint density at radius 3 is 2.60 bits per heavy atom. The summed E-state index contributed by atoms with van der Waals surface area (Å²) >= 11 is 0. The van der Waals surface area contributed by atoms with Gasteiger partial charge in [-0.15, -0.1) is 0 Å². The topological polar surface area (TPSA) is 15.3 Å².